The summed E-state index contributed by atoms with van der Waals surface area (Å²) < 4.78 is 23.5. The Morgan fingerprint density at radius 2 is 1.95 bits per heavy atom. The first-order valence-corrected chi connectivity index (χ1v) is 9.74. The molecule has 0 aliphatic carbocycles. The molecule has 122 valence electrons. The zero-order valence-corrected chi connectivity index (χ0v) is 14.6. The van der Waals surface area contributed by atoms with E-state index >= 15 is 0 Å². The molecular weight excluding hydrogens is 298 g/mol. The predicted molar refractivity (Wildman–Crippen MR) is 88.5 cm³/mol. The normalized spacial score (nSPS) is 20.7. The third-order valence-electron chi connectivity index (χ3n) is 4.78. The van der Waals surface area contributed by atoms with Crippen molar-refractivity contribution in [1.82, 2.24) is 4.90 Å². The SMILES string of the molecule is Cc1cccc([C@H]2CCCCN2C(=O)[C@@H](C)S(C)(=O)=O)c1C. The molecule has 1 heterocycles. The van der Waals surface area contributed by atoms with Crippen LogP contribution in [0.4, 0.5) is 0 Å². The maximum absolute atomic E-state index is 12.7. The standard InChI is InChI=1S/C17H25NO3S/c1-12-8-7-9-15(13(12)2)16-10-5-6-11-18(16)17(19)14(3)22(4,20)21/h7-9,14,16H,5-6,10-11H2,1-4H3/t14-,16-/m1/s1. The van der Waals surface area contributed by atoms with E-state index in [0.29, 0.717) is 6.54 Å². The van der Waals surface area contributed by atoms with E-state index in [0.717, 1.165) is 31.1 Å². The van der Waals surface area contributed by atoms with Crippen LogP contribution in [0, 0.1) is 13.8 Å². The summed E-state index contributed by atoms with van der Waals surface area (Å²) in [6.07, 6.45) is 4.03. The fourth-order valence-corrected chi connectivity index (χ4v) is 3.57. The Morgan fingerprint density at radius 1 is 1.27 bits per heavy atom. The number of benzene rings is 1. The summed E-state index contributed by atoms with van der Waals surface area (Å²) in [5.41, 5.74) is 3.54. The first-order chi connectivity index (χ1) is 10.2. The van der Waals surface area contributed by atoms with Crippen molar-refractivity contribution in [3.05, 3.63) is 34.9 Å². The highest BCUT2D eigenvalue weighted by Crippen LogP contribution is 2.34. The van der Waals surface area contributed by atoms with Gasteiger partial charge in [-0.2, -0.15) is 0 Å². The van der Waals surface area contributed by atoms with Gasteiger partial charge in [0.1, 0.15) is 5.25 Å². The van der Waals surface area contributed by atoms with E-state index in [1.165, 1.54) is 18.1 Å². The Kier molecular flexibility index (Phi) is 4.95. The van der Waals surface area contributed by atoms with Crippen LogP contribution in [0.5, 0.6) is 0 Å². The molecule has 0 N–H and O–H groups in total. The predicted octanol–water partition coefficient (Wildman–Crippen LogP) is 2.79. The van der Waals surface area contributed by atoms with Gasteiger partial charge >= 0.3 is 0 Å². The van der Waals surface area contributed by atoms with Gasteiger partial charge in [-0.3, -0.25) is 4.79 Å². The Morgan fingerprint density at radius 3 is 2.59 bits per heavy atom. The van der Waals surface area contributed by atoms with Crippen LogP contribution in [0.25, 0.3) is 0 Å². The quantitative estimate of drug-likeness (QED) is 0.859. The van der Waals surface area contributed by atoms with E-state index in [1.807, 2.05) is 6.07 Å². The monoisotopic (exact) mass is 323 g/mol. The van der Waals surface area contributed by atoms with Crippen molar-refractivity contribution in [1.29, 1.82) is 0 Å². The average molecular weight is 323 g/mol. The summed E-state index contributed by atoms with van der Waals surface area (Å²) in [5.74, 6) is -0.270. The van der Waals surface area contributed by atoms with Crippen LogP contribution in [-0.2, 0) is 14.6 Å². The van der Waals surface area contributed by atoms with Crippen LogP contribution in [0.3, 0.4) is 0 Å². The lowest BCUT2D eigenvalue weighted by Crippen LogP contribution is -2.45. The molecule has 2 rings (SSSR count). The van der Waals surface area contributed by atoms with Gasteiger partial charge in [0.15, 0.2) is 9.84 Å². The Balaban J connectivity index is 2.37. The zero-order valence-electron chi connectivity index (χ0n) is 13.8. The second-order valence-corrected chi connectivity index (χ2v) is 8.67. The molecule has 5 heteroatoms. The third-order valence-corrected chi connectivity index (χ3v) is 6.27. The van der Waals surface area contributed by atoms with Crippen LogP contribution in [0.1, 0.15) is 48.9 Å². The second kappa shape index (κ2) is 6.41. The smallest absolute Gasteiger partial charge is 0.241 e. The molecule has 0 bridgehead atoms. The van der Waals surface area contributed by atoms with Gasteiger partial charge in [0.2, 0.25) is 5.91 Å². The summed E-state index contributed by atoms with van der Waals surface area (Å²) in [6.45, 7) is 6.26. The van der Waals surface area contributed by atoms with Crippen molar-refractivity contribution in [2.75, 3.05) is 12.8 Å². The lowest BCUT2D eigenvalue weighted by atomic mass is 9.90. The molecule has 1 amide bonds. The van der Waals surface area contributed by atoms with Gasteiger partial charge in [-0.25, -0.2) is 8.42 Å². The Hall–Kier alpha value is -1.36. The fraction of sp³-hybridized carbons (Fsp3) is 0.588. The van der Waals surface area contributed by atoms with Crippen molar-refractivity contribution in [2.24, 2.45) is 0 Å². The molecule has 1 aliphatic heterocycles. The molecule has 4 nitrogen and oxygen atoms in total. The van der Waals surface area contributed by atoms with Gasteiger partial charge < -0.3 is 4.90 Å². The first-order valence-electron chi connectivity index (χ1n) is 7.79. The van der Waals surface area contributed by atoms with Crippen LogP contribution >= 0.6 is 0 Å². The van der Waals surface area contributed by atoms with Crippen molar-refractivity contribution in [3.63, 3.8) is 0 Å². The highest BCUT2D eigenvalue weighted by atomic mass is 32.2. The maximum Gasteiger partial charge on any atom is 0.241 e. The molecule has 0 unspecified atom stereocenters. The Bertz CT molecular complexity index is 666. The van der Waals surface area contributed by atoms with Crippen LogP contribution in [0.2, 0.25) is 0 Å². The van der Waals surface area contributed by atoms with E-state index in [9.17, 15) is 13.2 Å². The summed E-state index contributed by atoms with van der Waals surface area (Å²) in [7, 11) is -3.37. The minimum Gasteiger partial charge on any atom is -0.335 e. The third kappa shape index (κ3) is 3.35. The molecule has 2 atom stereocenters. The fourth-order valence-electron chi connectivity index (χ4n) is 3.07. The van der Waals surface area contributed by atoms with Crippen molar-refractivity contribution < 1.29 is 13.2 Å². The number of carbonyl (C=O) groups excluding carboxylic acids is 1. The number of aryl methyl sites for hydroxylation is 1. The van der Waals surface area contributed by atoms with Gasteiger partial charge in [-0.15, -0.1) is 0 Å². The lowest BCUT2D eigenvalue weighted by Gasteiger charge is -2.38. The highest BCUT2D eigenvalue weighted by Gasteiger charge is 2.35. The number of nitrogens with zero attached hydrogens (tertiary/aromatic N) is 1. The van der Waals surface area contributed by atoms with Gasteiger partial charge in [0.05, 0.1) is 6.04 Å². The molecule has 0 saturated carbocycles. The number of carbonyl (C=O) groups is 1. The number of amides is 1. The van der Waals surface area contributed by atoms with E-state index in [-0.39, 0.29) is 11.9 Å². The molecule has 22 heavy (non-hydrogen) atoms. The highest BCUT2D eigenvalue weighted by molar-refractivity contribution is 7.92. The van der Waals surface area contributed by atoms with Gasteiger partial charge in [-0.05, 0) is 56.7 Å². The van der Waals surface area contributed by atoms with E-state index in [4.69, 9.17) is 0 Å². The number of hydrogen-bond donors (Lipinski definition) is 0. The van der Waals surface area contributed by atoms with Crippen LogP contribution in [0.15, 0.2) is 18.2 Å². The first kappa shape index (κ1) is 17.0. The molecule has 1 aromatic rings. The molecule has 0 spiro atoms. The molecule has 1 saturated heterocycles. The van der Waals surface area contributed by atoms with Crippen molar-refractivity contribution in [2.45, 2.75) is 51.3 Å². The summed E-state index contributed by atoms with van der Waals surface area (Å²) in [4.78, 5) is 14.4. The van der Waals surface area contributed by atoms with E-state index < -0.39 is 15.1 Å². The number of hydrogen-bond acceptors (Lipinski definition) is 3. The van der Waals surface area contributed by atoms with Crippen molar-refractivity contribution in [3.8, 4) is 0 Å². The molecule has 1 aliphatic rings. The van der Waals surface area contributed by atoms with Crippen LogP contribution in [-0.4, -0.2) is 37.3 Å². The topological polar surface area (TPSA) is 54.5 Å². The van der Waals surface area contributed by atoms with Gasteiger partial charge in [0, 0.05) is 12.8 Å². The largest absolute Gasteiger partial charge is 0.335 e. The summed E-state index contributed by atoms with van der Waals surface area (Å²) in [5, 5.41) is -0.974. The molecule has 1 fully saturated rings. The van der Waals surface area contributed by atoms with E-state index in [1.54, 1.807) is 4.90 Å². The number of piperidine rings is 1. The van der Waals surface area contributed by atoms with Crippen LogP contribution < -0.4 is 0 Å². The van der Waals surface area contributed by atoms with Gasteiger partial charge in [-0.1, -0.05) is 18.2 Å². The lowest BCUT2D eigenvalue weighted by molar-refractivity contribution is -0.134. The minimum atomic E-state index is -3.37. The molecule has 0 aromatic heterocycles. The van der Waals surface area contributed by atoms with E-state index in [2.05, 4.69) is 26.0 Å². The van der Waals surface area contributed by atoms with Gasteiger partial charge in [0.25, 0.3) is 0 Å². The zero-order chi connectivity index (χ0) is 16.5. The number of sulfone groups is 1. The number of likely N-dealkylation sites (tertiary alicyclic amines) is 1. The van der Waals surface area contributed by atoms with Crippen molar-refractivity contribution >= 4 is 15.7 Å². The molecule has 1 aromatic carbocycles. The number of rotatable bonds is 3. The maximum atomic E-state index is 12.7. The second-order valence-electron chi connectivity index (χ2n) is 6.30. The summed E-state index contributed by atoms with van der Waals surface area (Å²) in [6, 6.07) is 6.12. The molecular formula is C17H25NO3S. The average Bonchev–Trinajstić information content (AvgIpc) is 2.47. The molecule has 0 radical (unpaired) electrons. The summed E-state index contributed by atoms with van der Waals surface area (Å²) >= 11 is 0. The minimum absolute atomic E-state index is 0.00894. The Labute approximate surface area is 133 Å².